The van der Waals surface area contributed by atoms with Crippen LogP contribution in [0.1, 0.15) is 40.4 Å². The van der Waals surface area contributed by atoms with Gasteiger partial charge in [0.15, 0.2) is 0 Å². The molecule has 7 heteroatoms. The summed E-state index contributed by atoms with van der Waals surface area (Å²) in [6, 6.07) is 15.2. The number of hydrogen-bond donors (Lipinski definition) is 1. The van der Waals surface area contributed by atoms with E-state index in [0.29, 0.717) is 23.7 Å². The number of nitrogens with one attached hydrogen (secondary N) is 1. The SMILES string of the molecule is Cc1ccc(C(CN2CCOCC2)NC(=O)C2CCCN(C(=O)c3ccc(Cl)cc3)C2)cc1. The second kappa shape index (κ2) is 11.1. The molecule has 33 heavy (non-hydrogen) atoms. The van der Waals surface area contributed by atoms with E-state index in [1.165, 1.54) is 5.56 Å². The Bertz CT molecular complexity index is 942. The van der Waals surface area contributed by atoms with E-state index in [9.17, 15) is 9.59 Å². The maximum absolute atomic E-state index is 13.3. The Kier molecular flexibility index (Phi) is 8.02. The Morgan fingerprint density at radius 3 is 2.45 bits per heavy atom. The summed E-state index contributed by atoms with van der Waals surface area (Å²) in [7, 11) is 0. The van der Waals surface area contributed by atoms with Gasteiger partial charge < -0.3 is 15.0 Å². The van der Waals surface area contributed by atoms with E-state index in [1.54, 1.807) is 29.2 Å². The zero-order valence-corrected chi connectivity index (χ0v) is 19.9. The molecular weight excluding hydrogens is 438 g/mol. The largest absolute Gasteiger partial charge is 0.379 e. The smallest absolute Gasteiger partial charge is 0.253 e. The number of aryl methyl sites for hydroxylation is 1. The molecule has 1 N–H and O–H groups in total. The number of likely N-dealkylation sites (tertiary alicyclic amines) is 1. The minimum Gasteiger partial charge on any atom is -0.379 e. The summed E-state index contributed by atoms with van der Waals surface area (Å²) in [6.07, 6.45) is 1.60. The molecule has 2 fully saturated rings. The van der Waals surface area contributed by atoms with Gasteiger partial charge in [-0.2, -0.15) is 0 Å². The van der Waals surface area contributed by atoms with Gasteiger partial charge in [-0.05, 0) is 49.6 Å². The molecule has 0 aromatic heterocycles. The van der Waals surface area contributed by atoms with E-state index in [0.717, 1.165) is 51.3 Å². The lowest BCUT2D eigenvalue weighted by Crippen LogP contribution is -2.48. The Hall–Kier alpha value is -2.41. The van der Waals surface area contributed by atoms with E-state index in [1.807, 2.05) is 0 Å². The summed E-state index contributed by atoms with van der Waals surface area (Å²) in [5.74, 6) is -0.248. The van der Waals surface area contributed by atoms with Gasteiger partial charge in [0.05, 0.1) is 25.2 Å². The topological polar surface area (TPSA) is 61.9 Å². The third kappa shape index (κ3) is 6.34. The van der Waals surface area contributed by atoms with Gasteiger partial charge in [-0.25, -0.2) is 0 Å². The molecule has 2 atom stereocenters. The van der Waals surface area contributed by atoms with Crippen molar-refractivity contribution in [2.45, 2.75) is 25.8 Å². The number of nitrogens with zero attached hydrogens (tertiary/aromatic N) is 2. The highest BCUT2D eigenvalue weighted by atomic mass is 35.5. The van der Waals surface area contributed by atoms with Crippen molar-refractivity contribution >= 4 is 23.4 Å². The Morgan fingerprint density at radius 1 is 1.06 bits per heavy atom. The molecule has 0 saturated carbocycles. The predicted molar refractivity (Wildman–Crippen MR) is 129 cm³/mol. The van der Waals surface area contributed by atoms with Gasteiger partial charge in [0.1, 0.15) is 0 Å². The van der Waals surface area contributed by atoms with Crippen LogP contribution in [0.25, 0.3) is 0 Å². The summed E-state index contributed by atoms with van der Waals surface area (Å²) >= 11 is 5.96. The van der Waals surface area contributed by atoms with Crippen LogP contribution in [0.3, 0.4) is 0 Å². The van der Waals surface area contributed by atoms with E-state index in [-0.39, 0.29) is 23.8 Å². The molecule has 2 aromatic carbocycles. The van der Waals surface area contributed by atoms with Gasteiger partial charge in [-0.1, -0.05) is 41.4 Å². The maximum atomic E-state index is 13.3. The summed E-state index contributed by atoms with van der Waals surface area (Å²) < 4.78 is 5.48. The molecule has 2 aromatic rings. The van der Waals surface area contributed by atoms with Crippen molar-refractivity contribution in [2.24, 2.45) is 5.92 Å². The van der Waals surface area contributed by atoms with Gasteiger partial charge >= 0.3 is 0 Å². The van der Waals surface area contributed by atoms with E-state index < -0.39 is 0 Å². The van der Waals surface area contributed by atoms with Crippen LogP contribution in [0.4, 0.5) is 0 Å². The summed E-state index contributed by atoms with van der Waals surface area (Å²) in [4.78, 5) is 30.4. The first kappa shape index (κ1) is 23.7. The molecule has 176 valence electrons. The van der Waals surface area contributed by atoms with Crippen LogP contribution in [0, 0.1) is 12.8 Å². The number of piperidine rings is 1. The number of rotatable bonds is 6. The number of carbonyl (C=O) groups excluding carboxylic acids is 2. The number of benzene rings is 2. The lowest BCUT2D eigenvalue weighted by molar-refractivity contribution is -0.127. The van der Waals surface area contributed by atoms with Crippen LogP contribution in [0.2, 0.25) is 5.02 Å². The normalized spacial score (nSPS) is 20.3. The van der Waals surface area contributed by atoms with Crippen LogP contribution in [-0.2, 0) is 9.53 Å². The van der Waals surface area contributed by atoms with Crippen LogP contribution in [0.15, 0.2) is 48.5 Å². The average molecular weight is 470 g/mol. The number of ether oxygens (including phenoxy) is 1. The fraction of sp³-hybridized carbons (Fsp3) is 0.462. The third-order valence-electron chi connectivity index (χ3n) is 6.51. The van der Waals surface area contributed by atoms with E-state index >= 15 is 0 Å². The summed E-state index contributed by atoms with van der Waals surface area (Å²) in [6.45, 7) is 7.09. The Labute approximate surface area is 200 Å². The number of halogens is 1. The van der Waals surface area contributed by atoms with E-state index in [2.05, 4.69) is 41.4 Å². The highest BCUT2D eigenvalue weighted by Crippen LogP contribution is 2.22. The van der Waals surface area contributed by atoms with Crippen molar-refractivity contribution < 1.29 is 14.3 Å². The van der Waals surface area contributed by atoms with Crippen molar-refractivity contribution in [2.75, 3.05) is 45.9 Å². The van der Waals surface area contributed by atoms with Crippen molar-refractivity contribution in [3.05, 3.63) is 70.2 Å². The fourth-order valence-electron chi connectivity index (χ4n) is 4.52. The van der Waals surface area contributed by atoms with E-state index in [4.69, 9.17) is 16.3 Å². The van der Waals surface area contributed by atoms with Crippen molar-refractivity contribution in [1.82, 2.24) is 15.1 Å². The molecule has 4 rings (SSSR count). The lowest BCUT2D eigenvalue weighted by Gasteiger charge is -2.35. The molecule has 6 nitrogen and oxygen atoms in total. The number of amides is 2. The Balaban J connectivity index is 1.43. The third-order valence-corrected chi connectivity index (χ3v) is 6.76. The molecule has 0 radical (unpaired) electrons. The van der Waals surface area contributed by atoms with Gasteiger partial charge in [-0.3, -0.25) is 14.5 Å². The minimum absolute atomic E-state index is 0.0161. The number of morpholine rings is 1. The van der Waals surface area contributed by atoms with Crippen molar-refractivity contribution in [1.29, 1.82) is 0 Å². The van der Waals surface area contributed by atoms with Crippen molar-refractivity contribution in [3.8, 4) is 0 Å². The second-order valence-electron chi connectivity index (χ2n) is 8.98. The molecule has 2 aliphatic rings. The molecule has 2 unspecified atom stereocenters. The second-order valence-corrected chi connectivity index (χ2v) is 9.42. The van der Waals surface area contributed by atoms with Crippen LogP contribution in [0.5, 0.6) is 0 Å². The molecule has 2 amide bonds. The minimum atomic E-state index is -0.215. The van der Waals surface area contributed by atoms with Gasteiger partial charge in [0.2, 0.25) is 5.91 Å². The quantitative estimate of drug-likeness (QED) is 0.700. The zero-order chi connectivity index (χ0) is 23.2. The fourth-order valence-corrected chi connectivity index (χ4v) is 4.64. The molecule has 0 bridgehead atoms. The summed E-state index contributed by atoms with van der Waals surface area (Å²) in [5.41, 5.74) is 2.90. The zero-order valence-electron chi connectivity index (χ0n) is 19.1. The molecule has 2 saturated heterocycles. The Morgan fingerprint density at radius 2 is 1.76 bits per heavy atom. The first-order valence-corrected chi connectivity index (χ1v) is 12.1. The van der Waals surface area contributed by atoms with Crippen molar-refractivity contribution in [3.63, 3.8) is 0 Å². The van der Waals surface area contributed by atoms with Gasteiger partial charge in [-0.15, -0.1) is 0 Å². The number of hydrogen-bond acceptors (Lipinski definition) is 4. The summed E-state index contributed by atoms with van der Waals surface area (Å²) in [5, 5.41) is 3.90. The maximum Gasteiger partial charge on any atom is 0.253 e. The molecule has 0 aliphatic carbocycles. The first-order valence-electron chi connectivity index (χ1n) is 11.7. The average Bonchev–Trinajstić information content (AvgIpc) is 2.85. The molecule has 2 aliphatic heterocycles. The van der Waals surface area contributed by atoms with Crippen LogP contribution in [-0.4, -0.2) is 67.6 Å². The monoisotopic (exact) mass is 469 g/mol. The van der Waals surface area contributed by atoms with Crippen LogP contribution < -0.4 is 5.32 Å². The molecule has 0 spiro atoms. The molecular formula is C26H32ClN3O3. The standard InChI is InChI=1S/C26H32ClN3O3/c1-19-4-6-20(7-5-19)24(18-29-13-15-33-16-14-29)28-25(31)22-3-2-12-30(17-22)26(32)21-8-10-23(27)11-9-21/h4-11,22,24H,2-3,12-18H2,1H3,(H,28,31). The van der Waals surface area contributed by atoms with Gasteiger partial charge in [0, 0.05) is 43.3 Å². The lowest BCUT2D eigenvalue weighted by atomic mass is 9.95. The van der Waals surface area contributed by atoms with Crippen LogP contribution >= 0.6 is 11.6 Å². The number of carbonyl (C=O) groups is 2. The first-order chi connectivity index (χ1) is 16.0. The van der Waals surface area contributed by atoms with Gasteiger partial charge in [0.25, 0.3) is 5.91 Å². The predicted octanol–water partition coefficient (Wildman–Crippen LogP) is 3.69. The highest BCUT2D eigenvalue weighted by Gasteiger charge is 2.31. The highest BCUT2D eigenvalue weighted by molar-refractivity contribution is 6.30. The molecule has 2 heterocycles.